The molecule has 54 valence electrons. The van der Waals surface area contributed by atoms with E-state index in [-0.39, 0.29) is 0 Å². The highest BCUT2D eigenvalue weighted by atomic mass is 32.2. The SMILES string of the molecule is NCC1CNCCCS1. The van der Waals surface area contributed by atoms with E-state index in [9.17, 15) is 0 Å². The Balaban J connectivity index is 2.18. The van der Waals surface area contributed by atoms with Crippen molar-refractivity contribution < 1.29 is 0 Å². The molecule has 0 aromatic heterocycles. The lowest BCUT2D eigenvalue weighted by Crippen LogP contribution is -2.28. The lowest BCUT2D eigenvalue weighted by Gasteiger charge is -2.08. The van der Waals surface area contributed by atoms with E-state index in [2.05, 4.69) is 5.32 Å². The van der Waals surface area contributed by atoms with Crippen LogP contribution >= 0.6 is 11.8 Å². The highest BCUT2D eigenvalue weighted by molar-refractivity contribution is 7.99. The summed E-state index contributed by atoms with van der Waals surface area (Å²) in [5.41, 5.74) is 5.51. The zero-order chi connectivity index (χ0) is 6.53. The van der Waals surface area contributed by atoms with E-state index in [1.165, 1.54) is 18.7 Å². The van der Waals surface area contributed by atoms with Crippen molar-refractivity contribution in [1.82, 2.24) is 5.32 Å². The second kappa shape index (κ2) is 4.14. The largest absolute Gasteiger partial charge is 0.329 e. The average Bonchev–Trinajstić information content (AvgIpc) is 2.13. The number of hydrogen-bond donors (Lipinski definition) is 2. The summed E-state index contributed by atoms with van der Waals surface area (Å²) in [5, 5.41) is 4.01. The second-order valence-electron chi connectivity index (χ2n) is 2.29. The smallest absolute Gasteiger partial charge is 0.0295 e. The lowest BCUT2D eigenvalue weighted by molar-refractivity contribution is 0.673. The van der Waals surface area contributed by atoms with E-state index in [4.69, 9.17) is 5.73 Å². The van der Waals surface area contributed by atoms with E-state index in [0.29, 0.717) is 5.25 Å². The molecule has 1 aliphatic rings. The minimum Gasteiger partial charge on any atom is -0.329 e. The highest BCUT2D eigenvalue weighted by Gasteiger charge is 2.08. The summed E-state index contributed by atoms with van der Waals surface area (Å²) in [6.45, 7) is 3.09. The Morgan fingerprint density at radius 2 is 2.56 bits per heavy atom. The first-order valence-corrected chi connectivity index (χ1v) is 4.50. The van der Waals surface area contributed by atoms with Gasteiger partial charge in [0.05, 0.1) is 0 Å². The van der Waals surface area contributed by atoms with Gasteiger partial charge in [-0.15, -0.1) is 0 Å². The van der Waals surface area contributed by atoms with E-state index in [0.717, 1.165) is 13.1 Å². The van der Waals surface area contributed by atoms with Crippen LogP contribution in [0.25, 0.3) is 0 Å². The first-order valence-electron chi connectivity index (χ1n) is 3.46. The third-order valence-corrected chi connectivity index (χ3v) is 2.84. The van der Waals surface area contributed by atoms with Crippen LogP contribution in [0, 0.1) is 0 Å². The molecule has 1 aliphatic heterocycles. The number of hydrogen-bond acceptors (Lipinski definition) is 3. The molecule has 3 heteroatoms. The van der Waals surface area contributed by atoms with Crippen molar-refractivity contribution in [3.05, 3.63) is 0 Å². The van der Waals surface area contributed by atoms with Crippen LogP contribution < -0.4 is 11.1 Å². The Hall–Kier alpha value is 0.270. The van der Waals surface area contributed by atoms with Gasteiger partial charge in [0.1, 0.15) is 0 Å². The fourth-order valence-electron chi connectivity index (χ4n) is 0.921. The van der Waals surface area contributed by atoms with Crippen molar-refractivity contribution in [3.8, 4) is 0 Å². The third-order valence-electron chi connectivity index (χ3n) is 1.49. The van der Waals surface area contributed by atoms with Gasteiger partial charge in [0.25, 0.3) is 0 Å². The summed E-state index contributed by atoms with van der Waals surface area (Å²) in [6.07, 6.45) is 1.29. The summed E-state index contributed by atoms with van der Waals surface area (Å²) in [7, 11) is 0. The molecule has 0 aromatic carbocycles. The van der Waals surface area contributed by atoms with E-state index in [1.807, 2.05) is 11.8 Å². The minimum absolute atomic E-state index is 0.660. The van der Waals surface area contributed by atoms with Crippen molar-refractivity contribution in [2.75, 3.05) is 25.4 Å². The van der Waals surface area contributed by atoms with Crippen molar-refractivity contribution in [3.63, 3.8) is 0 Å². The predicted octanol–water partition coefficient (Wildman–Crippen LogP) is 0.0402. The molecule has 1 rings (SSSR count). The zero-order valence-corrected chi connectivity index (χ0v) is 6.41. The number of nitrogens with one attached hydrogen (secondary N) is 1. The molecule has 1 heterocycles. The van der Waals surface area contributed by atoms with Gasteiger partial charge in [-0.1, -0.05) is 0 Å². The molecule has 0 aliphatic carbocycles. The molecule has 0 spiro atoms. The Labute approximate surface area is 60.6 Å². The molecule has 1 atom stereocenters. The molecule has 3 N–H and O–H groups in total. The Morgan fingerprint density at radius 1 is 1.67 bits per heavy atom. The number of nitrogens with two attached hydrogens (primary N) is 1. The van der Waals surface area contributed by atoms with Gasteiger partial charge >= 0.3 is 0 Å². The Morgan fingerprint density at radius 3 is 3.33 bits per heavy atom. The van der Waals surface area contributed by atoms with E-state index >= 15 is 0 Å². The van der Waals surface area contributed by atoms with Gasteiger partial charge < -0.3 is 11.1 Å². The molecule has 1 fully saturated rings. The van der Waals surface area contributed by atoms with Crippen LogP contribution in [0.1, 0.15) is 6.42 Å². The normalized spacial score (nSPS) is 29.7. The molecule has 0 saturated carbocycles. The number of thioether (sulfide) groups is 1. The van der Waals surface area contributed by atoms with Crippen LogP contribution in [-0.4, -0.2) is 30.6 Å². The van der Waals surface area contributed by atoms with Crippen LogP contribution in [0.15, 0.2) is 0 Å². The minimum atomic E-state index is 0.660. The molecule has 0 aromatic rings. The Kier molecular flexibility index (Phi) is 3.40. The third kappa shape index (κ3) is 2.56. The van der Waals surface area contributed by atoms with Gasteiger partial charge in [-0.25, -0.2) is 0 Å². The average molecular weight is 146 g/mol. The number of rotatable bonds is 1. The Bertz CT molecular complexity index is 69.5. The fraction of sp³-hybridized carbons (Fsp3) is 1.00. The first-order chi connectivity index (χ1) is 4.43. The first kappa shape index (κ1) is 7.38. The maximum atomic E-state index is 5.51. The van der Waals surface area contributed by atoms with Gasteiger partial charge in [-0.05, 0) is 18.7 Å². The fourth-order valence-corrected chi connectivity index (χ4v) is 1.94. The van der Waals surface area contributed by atoms with Crippen LogP contribution in [0.5, 0.6) is 0 Å². The van der Waals surface area contributed by atoms with E-state index < -0.39 is 0 Å². The standard InChI is InChI=1S/C6H14N2S/c7-4-6-5-8-2-1-3-9-6/h6,8H,1-5,7H2. The van der Waals surface area contributed by atoms with Gasteiger partial charge in [0.15, 0.2) is 0 Å². The van der Waals surface area contributed by atoms with Gasteiger partial charge in [0.2, 0.25) is 0 Å². The maximum Gasteiger partial charge on any atom is 0.0295 e. The molecule has 1 unspecified atom stereocenters. The zero-order valence-electron chi connectivity index (χ0n) is 5.60. The molecular formula is C6H14N2S. The van der Waals surface area contributed by atoms with Crippen molar-refractivity contribution in [2.45, 2.75) is 11.7 Å². The van der Waals surface area contributed by atoms with Gasteiger partial charge in [0, 0.05) is 18.3 Å². The van der Waals surface area contributed by atoms with Crippen molar-refractivity contribution in [2.24, 2.45) is 5.73 Å². The second-order valence-corrected chi connectivity index (χ2v) is 3.69. The van der Waals surface area contributed by atoms with Gasteiger partial charge in [-0.2, -0.15) is 11.8 Å². The summed E-state index contributed by atoms with van der Waals surface area (Å²) >= 11 is 2.00. The quantitative estimate of drug-likeness (QED) is 0.548. The molecular weight excluding hydrogens is 132 g/mol. The molecule has 0 bridgehead atoms. The van der Waals surface area contributed by atoms with Crippen LogP contribution in [-0.2, 0) is 0 Å². The molecule has 9 heavy (non-hydrogen) atoms. The summed E-state index contributed by atoms with van der Waals surface area (Å²) in [5.74, 6) is 1.27. The molecule has 1 saturated heterocycles. The van der Waals surface area contributed by atoms with Crippen molar-refractivity contribution in [1.29, 1.82) is 0 Å². The summed E-state index contributed by atoms with van der Waals surface area (Å²) in [6, 6.07) is 0. The lowest BCUT2D eigenvalue weighted by atomic mass is 10.4. The van der Waals surface area contributed by atoms with E-state index in [1.54, 1.807) is 0 Å². The molecule has 0 radical (unpaired) electrons. The van der Waals surface area contributed by atoms with Crippen molar-refractivity contribution >= 4 is 11.8 Å². The maximum absolute atomic E-state index is 5.51. The summed E-state index contributed by atoms with van der Waals surface area (Å²) in [4.78, 5) is 0. The summed E-state index contributed by atoms with van der Waals surface area (Å²) < 4.78 is 0. The molecule has 0 amide bonds. The van der Waals surface area contributed by atoms with Crippen LogP contribution in [0.3, 0.4) is 0 Å². The predicted molar refractivity (Wildman–Crippen MR) is 42.8 cm³/mol. The topological polar surface area (TPSA) is 38.0 Å². The highest BCUT2D eigenvalue weighted by Crippen LogP contribution is 2.12. The monoisotopic (exact) mass is 146 g/mol. The van der Waals surface area contributed by atoms with Crippen LogP contribution in [0.2, 0.25) is 0 Å². The van der Waals surface area contributed by atoms with Gasteiger partial charge in [-0.3, -0.25) is 0 Å². The molecule has 2 nitrogen and oxygen atoms in total. The van der Waals surface area contributed by atoms with Crippen LogP contribution in [0.4, 0.5) is 0 Å².